The minimum atomic E-state index is 0.678. The van der Waals surface area contributed by atoms with E-state index in [0.717, 1.165) is 30.3 Å². The van der Waals surface area contributed by atoms with Crippen LogP contribution < -0.4 is 5.32 Å². The zero-order valence-corrected chi connectivity index (χ0v) is 10.8. The molecule has 0 unspecified atom stereocenters. The van der Waals surface area contributed by atoms with Gasteiger partial charge in [-0.3, -0.25) is 4.98 Å². The molecule has 0 amide bonds. The number of aryl methyl sites for hydroxylation is 1. The maximum Gasteiger partial charge on any atom is 0.203 e. The molecule has 0 aliphatic heterocycles. The average Bonchev–Trinajstić information content (AvgIpc) is 2.83. The highest BCUT2D eigenvalue weighted by Crippen LogP contribution is 2.07. The first-order valence-electron chi connectivity index (χ1n) is 5.95. The lowest BCUT2D eigenvalue weighted by Gasteiger charge is -2.09. The van der Waals surface area contributed by atoms with Crippen LogP contribution in [0.25, 0.3) is 0 Å². The summed E-state index contributed by atoms with van der Waals surface area (Å²) in [4.78, 5) is 8.54. The summed E-state index contributed by atoms with van der Waals surface area (Å²) in [5.41, 5.74) is 2.17. The number of nitrogens with one attached hydrogen (secondary N) is 1. The Balaban J connectivity index is 1.93. The van der Waals surface area contributed by atoms with E-state index in [1.165, 1.54) is 0 Å². The third kappa shape index (κ3) is 3.30. The molecule has 0 atom stereocenters. The van der Waals surface area contributed by atoms with Crippen molar-refractivity contribution in [2.45, 2.75) is 20.0 Å². The Morgan fingerprint density at radius 3 is 2.94 bits per heavy atom. The number of methoxy groups -OCH3 is 1. The zero-order chi connectivity index (χ0) is 12.8. The predicted molar refractivity (Wildman–Crippen MR) is 70.4 cm³/mol. The number of ether oxygens (including phenoxy) is 1. The summed E-state index contributed by atoms with van der Waals surface area (Å²) in [6, 6.07) is 4.08. The molecule has 0 fully saturated rings. The van der Waals surface area contributed by atoms with Crippen LogP contribution in [0.2, 0.25) is 0 Å². The van der Waals surface area contributed by atoms with Crippen molar-refractivity contribution < 1.29 is 4.74 Å². The van der Waals surface area contributed by atoms with Crippen molar-refractivity contribution >= 4 is 5.95 Å². The van der Waals surface area contributed by atoms with Gasteiger partial charge in [-0.15, -0.1) is 0 Å². The number of aromatic nitrogens is 3. The standard InChI is InChI=1S/C13H18N4O/c1-11-3-4-12(9-15-11)10-16-13-14-5-6-17(13)7-8-18-2/h3-6,9H,7-8,10H2,1-2H3,(H,14,16). The van der Waals surface area contributed by atoms with Gasteiger partial charge in [0.1, 0.15) is 0 Å². The number of pyridine rings is 1. The zero-order valence-electron chi connectivity index (χ0n) is 10.8. The third-order valence-corrected chi connectivity index (χ3v) is 2.68. The second-order valence-electron chi connectivity index (χ2n) is 4.10. The van der Waals surface area contributed by atoms with Gasteiger partial charge in [0.15, 0.2) is 0 Å². The van der Waals surface area contributed by atoms with Crippen molar-refractivity contribution in [3.8, 4) is 0 Å². The van der Waals surface area contributed by atoms with E-state index in [0.29, 0.717) is 6.61 Å². The van der Waals surface area contributed by atoms with Crippen molar-refractivity contribution in [3.63, 3.8) is 0 Å². The SMILES string of the molecule is COCCn1ccnc1NCc1ccc(C)nc1. The highest BCUT2D eigenvalue weighted by atomic mass is 16.5. The Hall–Kier alpha value is -1.88. The summed E-state index contributed by atoms with van der Waals surface area (Å²) in [7, 11) is 1.70. The molecular weight excluding hydrogens is 228 g/mol. The Kier molecular flexibility index (Phi) is 4.30. The topological polar surface area (TPSA) is 52.0 Å². The van der Waals surface area contributed by atoms with E-state index >= 15 is 0 Å². The summed E-state index contributed by atoms with van der Waals surface area (Å²) >= 11 is 0. The number of hydrogen-bond donors (Lipinski definition) is 1. The first kappa shape index (κ1) is 12.6. The largest absolute Gasteiger partial charge is 0.383 e. The monoisotopic (exact) mass is 246 g/mol. The van der Waals surface area contributed by atoms with Crippen LogP contribution in [0.5, 0.6) is 0 Å². The van der Waals surface area contributed by atoms with Crippen molar-refractivity contribution in [1.82, 2.24) is 14.5 Å². The Labute approximate surface area is 107 Å². The van der Waals surface area contributed by atoms with Crippen LogP contribution in [0.4, 0.5) is 5.95 Å². The normalized spacial score (nSPS) is 10.6. The second kappa shape index (κ2) is 6.16. The highest BCUT2D eigenvalue weighted by molar-refractivity contribution is 5.28. The number of anilines is 1. The lowest BCUT2D eigenvalue weighted by atomic mass is 10.2. The summed E-state index contributed by atoms with van der Waals surface area (Å²) in [5.74, 6) is 0.854. The van der Waals surface area contributed by atoms with E-state index in [2.05, 4.69) is 21.4 Å². The molecule has 1 N–H and O–H groups in total. The van der Waals surface area contributed by atoms with Crippen LogP contribution in [0.15, 0.2) is 30.7 Å². The fourth-order valence-electron chi connectivity index (χ4n) is 1.63. The Bertz CT molecular complexity index is 478. The van der Waals surface area contributed by atoms with Gasteiger partial charge in [0.05, 0.1) is 6.61 Å². The molecule has 18 heavy (non-hydrogen) atoms. The maximum absolute atomic E-state index is 5.06. The highest BCUT2D eigenvalue weighted by Gasteiger charge is 2.02. The molecule has 5 nitrogen and oxygen atoms in total. The molecule has 0 saturated carbocycles. The first-order chi connectivity index (χ1) is 8.79. The Morgan fingerprint density at radius 1 is 1.33 bits per heavy atom. The van der Waals surface area contributed by atoms with Crippen molar-refractivity contribution in [3.05, 3.63) is 42.0 Å². The quantitative estimate of drug-likeness (QED) is 0.845. The van der Waals surface area contributed by atoms with Crippen LogP contribution in [-0.2, 0) is 17.8 Å². The fourth-order valence-corrected chi connectivity index (χ4v) is 1.63. The predicted octanol–water partition coefficient (Wildman–Crippen LogP) is 1.85. The van der Waals surface area contributed by atoms with Gasteiger partial charge in [0.25, 0.3) is 0 Å². The van der Waals surface area contributed by atoms with Gasteiger partial charge in [-0.25, -0.2) is 4.98 Å². The molecule has 0 aliphatic carbocycles. The van der Waals surface area contributed by atoms with Crippen LogP contribution >= 0.6 is 0 Å². The molecule has 96 valence electrons. The summed E-state index contributed by atoms with van der Waals surface area (Å²) in [6.45, 7) is 4.17. The molecular formula is C13H18N4O. The molecule has 0 aromatic carbocycles. The van der Waals surface area contributed by atoms with E-state index in [4.69, 9.17) is 4.74 Å². The molecule has 2 aromatic rings. The van der Waals surface area contributed by atoms with Gasteiger partial charge in [0, 0.05) is 44.5 Å². The summed E-state index contributed by atoms with van der Waals surface area (Å²) in [5, 5.41) is 3.29. The van der Waals surface area contributed by atoms with Crippen molar-refractivity contribution in [2.24, 2.45) is 0 Å². The lowest BCUT2D eigenvalue weighted by molar-refractivity contribution is 0.187. The van der Waals surface area contributed by atoms with Crippen molar-refractivity contribution in [1.29, 1.82) is 0 Å². The van der Waals surface area contributed by atoms with Crippen LogP contribution in [-0.4, -0.2) is 28.3 Å². The lowest BCUT2D eigenvalue weighted by Crippen LogP contribution is -2.10. The van der Waals surface area contributed by atoms with Gasteiger partial charge in [-0.1, -0.05) is 6.07 Å². The van der Waals surface area contributed by atoms with E-state index in [-0.39, 0.29) is 0 Å². The van der Waals surface area contributed by atoms with Gasteiger partial charge < -0.3 is 14.6 Å². The number of rotatable bonds is 6. The molecule has 0 saturated heterocycles. The summed E-state index contributed by atoms with van der Waals surface area (Å²) in [6.07, 6.45) is 5.60. The molecule has 0 radical (unpaired) electrons. The number of nitrogens with zero attached hydrogens (tertiary/aromatic N) is 3. The molecule has 2 heterocycles. The van der Waals surface area contributed by atoms with Crippen LogP contribution in [0.1, 0.15) is 11.3 Å². The average molecular weight is 246 g/mol. The third-order valence-electron chi connectivity index (χ3n) is 2.68. The Morgan fingerprint density at radius 2 is 2.22 bits per heavy atom. The first-order valence-corrected chi connectivity index (χ1v) is 5.95. The maximum atomic E-state index is 5.06. The van der Waals surface area contributed by atoms with Gasteiger partial charge in [-0.2, -0.15) is 0 Å². The smallest absolute Gasteiger partial charge is 0.203 e. The summed E-state index contributed by atoms with van der Waals surface area (Å²) < 4.78 is 7.09. The van der Waals surface area contributed by atoms with Gasteiger partial charge in [0.2, 0.25) is 5.95 Å². The van der Waals surface area contributed by atoms with Gasteiger partial charge in [-0.05, 0) is 18.6 Å². The van der Waals surface area contributed by atoms with E-state index in [1.807, 2.05) is 30.0 Å². The van der Waals surface area contributed by atoms with Crippen LogP contribution in [0.3, 0.4) is 0 Å². The molecule has 0 spiro atoms. The van der Waals surface area contributed by atoms with E-state index in [1.54, 1.807) is 13.3 Å². The minimum absolute atomic E-state index is 0.678. The minimum Gasteiger partial charge on any atom is -0.383 e. The molecule has 0 bridgehead atoms. The number of hydrogen-bond acceptors (Lipinski definition) is 4. The fraction of sp³-hybridized carbons (Fsp3) is 0.385. The molecule has 2 aromatic heterocycles. The van der Waals surface area contributed by atoms with Gasteiger partial charge >= 0.3 is 0 Å². The molecule has 2 rings (SSSR count). The van der Waals surface area contributed by atoms with Crippen LogP contribution in [0, 0.1) is 6.92 Å². The van der Waals surface area contributed by atoms with E-state index in [9.17, 15) is 0 Å². The number of imidazole rings is 1. The second-order valence-corrected chi connectivity index (χ2v) is 4.10. The molecule has 0 aliphatic rings. The van der Waals surface area contributed by atoms with Crippen molar-refractivity contribution in [2.75, 3.05) is 19.0 Å². The molecule has 5 heteroatoms. The van der Waals surface area contributed by atoms with E-state index < -0.39 is 0 Å².